The lowest BCUT2D eigenvalue weighted by Gasteiger charge is -2.15. The van der Waals surface area contributed by atoms with Crippen LogP contribution in [0, 0.1) is 0 Å². The second-order valence-electron chi connectivity index (χ2n) is 5.61. The zero-order chi connectivity index (χ0) is 14.0. The summed E-state index contributed by atoms with van der Waals surface area (Å²) in [6, 6.07) is 14.7. The first-order valence-electron chi connectivity index (χ1n) is 7.01. The highest BCUT2D eigenvalue weighted by Crippen LogP contribution is 2.51. The Morgan fingerprint density at radius 3 is 2.80 bits per heavy atom. The number of aromatic nitrogens is 1. The third-order valence-electron chi connectivity index (χ3n) is 4.17. The number of benzene rings is 1. The van der Waals surface area contributed by atoms with Gasteiger partial charge >= 0.3 is 0 Å². The normalized spacial score (nSPS) is 24.4. The molecule has 1 fully saturated rings. The Labute approximate surface area is 120 Å². The van der Waals surface area contributed by atoms with Crippen LogP contribution in [0.3, 0.4) is 0 Å². The molecule has 3 heteroatoms. The molecule has 0 amide bonds. The van der Waals surface area contributed by atoms with Crippen LogP contribution in [0.2, 0.25) is 0 Å². The average Bonchev–Trinajstić information content (AvgIpc) is 3.19. The molecule has 0 saturated heterocycles. The van der Waals surface area contributed by atoms with Crippen molar-refractivity contribution in [3.63, 3.8) is 0 Å². The van der Waals surface area contributed by atoms with E-state index in [1.54, 1.807) is 13.3 Å². The number of ether oxygens (including phenoxy) is 1. The maximum Gasteiger partial charge on any atom is 0.217 e. The van der Waals surface area contributed by atoms with Crippen molar-refractivity contribution in [2.24, 2.45) is 0 Å². The predicted molar refractivity (Wildman–Crippen MR) is 79.8 cm³/mol. The summed E-state index contributed by atoms with van der Waals surface area (Å²) in [7, 11) is 1.66. The van der Waals surface area contributed by atoms with Crippen molar-refractivity contribution in [1.29, 1.82) is 0 Å². The van der Waals surface area contributed by atoms with Gasteiger partial charge in [0, 0.05) is 29.8 Å². The maximum atomic E-state index is 5.29. The Morgan fingerprint density at radius 1 is 1.25 bits per heavy atom. The Morgan fingerprint density at radius 2 is 2.05 bits per heavy atom. The minimum atomic E-state index is 0.183. The smallest absolute Gasteiger partial charge is 0.217 e. The van der Waals surface area contributed by atoms with Gasteiger partial charge < -0.3 is 10.1 Å². The van der Waals surface area contributed by atoms with Crippen molar-refractivity contribution in [3.8, 4) is 5.88 Å². The van der Waals surface area contributed by atoms with Gasteiger partial charge in [0.05, 0.1) is 7.11 Å². The first-order chi connectivity index (χ1) is 9.73. The van der Waals surface area contributed by atoms with Crippen molar-refractivity contribution in [2.45, 2.75) is 31.3 Å². The molecule has 0 spiro atoms. The molecule has 3 rings (SSSR count). The van der Waals surface area contributed by atoms with Crippen molar-refractivity contribution in [1.82, 2.24) is 10.3 Å². The monoisotopic (exact) mass is 268 g/mol. The zero-order valence-electron chi connectivity index (χ0n) is 12.0. The van der Waals surface area contributed by atoms with Crippen molar-refractivity contribution < 1.29 is 4.74 Å². The number of nitrogens with zero attached hydrogens (tertiary/aromatic N) is 1. The lowest BCUT2D eigenvalue weighted by atomic mass is 10.1. The number of nitrogens with one attached hydrogen (secondary N) is 1. The van der Waals surface area contributed by atoms with E-state index in [4.69, 9.17) is 4.74 Å². The summed E-state index contributed by atoms with van der Waals surface area (Å²) >= 11 is 0. The molecule has 1 saturated carbocycles. The van der Waals surface area contributed by atoms with Gasteiger partial charge in [-0.25, -0.2) is 4.98 Å². The van der Waals surface area contributed by atoms with E-state index in [1.165, 1.54) is 12.0 Å². The molecule has 20 heavy (non-hydrogen) atoms. The van der Waals surface area contributed by atoms with Gasteiger partial charge in [-0.1, -0.05) is 36.4 Å². The number of hydrogen-bond acceptors (Lipinski definition) is 3. The summed E-state index contributed by atoms with van der Waals surface area (Å²) < 4.78 is 5.29. The molecule has 0 radical (unpaired) electrons. The van der Waals surface area contributed by atoms with Crippen LogP contribution in [0.5, 0.6) is 5.88 Å². The van der Waals surface area contributed by atoms with Crippen LogP contribution >= 0.6 is 0 Å². The molecule has 0 bridgehead atoms. The predicted octanol–water partition coefficient (Wildman–Crippen LogP) is 3.13. The highest BCUT2D eigenvalue weighted by molar-refractivity contribution is 5.33. The molecule has 1 aromatic heterocycles. The molecule has 1 aromatic carbocycles. The van der Waals surface area contributed by atoms with Gasteiger partial charge in [0.2, 0.25) is 5.88 Å². The van der Waals surface area contributed by atoms with Gasteiger partial charge in [-0.15, -0.1) is 0 Å². The lowest BCUT2D eigenvalue weighted by Crippen LogP contribution is -2.29. The van der Waals surface area contributed by atoms with E-state index in [0.29, 0.717) is 11.8 Å². The van der Waals surface area contributed by atoms with Crippen molar-refractivity contribution in [2.75, 3.05) is 7.11 Å². The van der Waals surface area contributed by atoms with Gasteiger partial charge in [-0.05, 0) is 25.0 Å². The quantitative estimate of drug-likeness (QED) is 0.904. The number of hydrogen-bond donors (Lipinski definition) is 1. The number of rotatable bonds is 5. The van der Waals surface area contributed by atoms with Crippen LogP contribution in [0.15, 0.2) is 48.7 Å². The van der Waals surface area contributed by atoms with Crippen molar-refractivity contribution in [3.05, 3.63) is 59.8 Å². The summed E-state index contributed by atoms with van der Waals surface area (Å²) in [6.45, 7) is 3.07. The maximum absolute atomic E-state index is 5.29. The average molecular weight is 268 g/mol. The van der Waals surface area contributed by atoms with Crippen LogP contribution in [0.1, 0.15) is 30.4 Å². The van der Waals surface area contributed by atoms with E-state index < -0.39 is 0 Å². The van der Waals surface area contributed by atoms with Crippen LogP contribution in [0.25, 0.3) is 0 Å². The molecule has 3 nitrogen and oxygen atoms in total. The Bertz CT molecular complexity index is 585. The second-order valence-corrected chi connectivity index (χ2v) is 5.61. The Kier molecular flexibility index (Phi) is 3.45. The van der Waals surface area contributed by atoms with E-state index in [1.807, 2.05) is 6.07 Å². The molecule has 1 aliphatic rings. The van der Waals surface area contributed by atoms with Crippen LogP contribution in [-0.2, 0) is 6.54 Å². The molecule has 1 heterocycles. The molecule has 2 unspecified atom stereocenters. The molecular formula is C17H20N2O. The topological polar surface area (TPSA) is 34.1 Å². The minimum Gasteiger partial charge on any atom is -0.481 e. The standard InChI is InChI=1S/C17H20N2O/c1-17(11-15(17)13-7-4-3-5-8-13)19-12-14-9-6-10-18-16(14)20-2/h3-10,15,19H,11-12H2,1-2H3. The highest BCUT2D eigenvalue weighted by atomic mass is 16.5. The third kappa shape index (κ3) is 2.54. The first-order valence-corrected chi connectivity index (χ1v) is 7.01. The highest BCUT2D eigenvalue weighted by Gasteiger charge is 2.50. The van der Waals surface area contributed by atoms with E-state index >= 15 is 0 Å². The summed E-state index contributed by atoms with van der Waals surface area (Å²) in [6.07, 6.45) is 2.94. The summed E-state index contributed by atoms with van der Waals surface area (Å²) in [5.41, 5.74) is 2.71. The molecule has 2 aromatic rings. The fourth-order valence-corrected chi connectivity index (χ4v) is 2.77. The van der Waals surface area contributed by atoms with Crippen LogP contribution < -0.4 is 10.1 Å². The zero-order valence-corrected chi connectivity index (χ0v) is 12.0. The van der Waals surface area contributed by atoms with Gasteiger partial charge in [-0.3, -0.25) is 0 Å². The number of pyridine rings is 1. The molecule has 104 valence electrons. The molecule has 0 aliphatic heterocycles. The molecule has 1 N–H and O–H groups in total. The number of methoxy groups -OCH3 is 1. The van der Waals surface area contributed by atoms with Gasteiger partial charge in [-0.2, -0.15) is 0 Å². The molecule has 2 atom stereocenters. The second kappa shape index (κ2) is 5.25. The van der Waals surface area contributed by atoms with Crippen molar-refractivity contribution >= 4 is 0 Å². The third-order valence-corrected chi connectivity index (χ3v) is 4.17. The van der Waals surface area contributed by atoms with Gasteiger partial charge in [0.25, 0.3) is 0 Å². The van der Waals surface area contributed by atoms with Crippen LogP contribution in [0.4, 0.5) is 0 Å². The fraction of sp³-hybridized carbons (Fsp3) is 0.353. The van der Waals surface area contributed by atoms with E-state index in [9.17, 15) is 0 Å². The SMILES string of the molecule is COc1ncccc1CNC1(C)CC1c1ccccc1. The van der Waals surface area contributed by atoms with E-state index in [0.717, 1.165) is 12.1 Å². The van der Waals surface area contributed by atoms with E-state index in [-0.39, 0.29) is 5.54 Å². The Balaban J connectivity index is 1.65. The lowest BCUT2D eigenvalue weighted by molar-refractivity contribution is 0.388. The summed E-state index contributed by atoms with van der Waals surface area (Å²) in [5.74, 6) is 1.31. The molecular weight excluding hydrogens is 248 g/mol. The Hall–Kier alpha value is -1.87. The summed E-state index contributed by atoms with van der Waals surface area (Å²) in [5, 5.41) is 3.65. The van der Waals surface area contributed by atoms with Gasteiger partial charge in [0.1, 0.15) is 0 Å². The summed E-state index contributed by atoms with van der Waals surface area (Å²) in [4.78, 5) is 4.23. The van der Waals surface area contributed by atoms with E-state index in [2.05, 4.69) is 53.6 Å². The van der Waals surface area contributed by atoms with Gasteiger partial charge in [0.15, 0.2) is 0 Å². The largest absolute Gasteiger partial charge is 0.481 e. The van der Waals surface area contributed by atoms with Crippen LogP contribution in [-0.4, -0.2) is 17.6 Å². The molecule has 1 aliphatic carbocycles. The first kappa shape index (κ1) is 13.1. The fourth-order valence-electron chi connectivity index (χ4n) is 2.77. The minimum absolute atomic E-state index is 0.183.